The van der Waals surface area contributed by atoms with E-state index in [1.807, 2.05) is 6.92 Å². The number of aryl methyl sites for hydroxylation is 2. The van der Waals surface area contributed by atoms with E-state index in [-0.39, 0.29) is 30.4 Å². The first-order chi connectivity index (χ1) is 14.2. The molecule has 2 aromatic carbocycles. The van der Waals surface area contributed by atoms with Crippen LogP contribution in [-0.4, -0.2) is 40.4 Å². The van der Waals surface area contributed by atoms with E-state index in [0.717, 1.165) is 5.56 Å². The lowest BCUT2D eigenvalue weighted by atomic mass is 10.00. The lowest BCUT2D eigenvalue weighted by Crippen LogP contribution is -2.56. The minimum atomic E-state index is -5.06. The van der Waals surface area contributed by atoms with Gasteiger partial charge in [-0.15, -0.1) is 0 Å². The Balaban J connectivity index is 1.55. The molecule has 0 unspecified atom stereocenters. The third kappa shape index (κ3) is 3.60. The second-order valence-corrected chi connectivity index (χ2v) is 7.30. The fraction of sp³-hybridized carbons (Fsp3) is 0.333. The Morgan fingerprint density at radius 3 is 2.57 bits per heavy atom. The van der Waals surface area contributed by atoms with Gasteiger partial charge in [0, 0.05) is 6.42 Å². The standard InChI is InChI=1S/C21H19F3N2O4/c1-13-2-6-15(7-3-13)16-11-20(28,21(22,23)24)26(25-16)19(27)9-5-14-4-8-17-18(10-14)30-12-29-17/h2-4,6-8,10,28H,5,9,11-12H2,1H3/t20-/m0/s1. The van der Waals surface area contributed by atoms with Crippen molar-refractivity contribution in [3.8, 4) is 11.5 Å². The second-order valence-electron chi connectivity index (χ2n) is 7.30. The Morgan fingerprint density at radius 2 is 1.87 bits per heavy atom. The Kier molecular flexibility index (Phi) is 4.93. The van der Waals surface area contributed by atoms with Gasteiger partial charge in [-0.3, -0.25) is 4.79 Å². The largest absolute Gasteiger partial charge is 0.454 e. The number of carbonyl (C=O) groups excluding carboxylic acids is 1. The maximum Gasteiger partial charge on any atom is 0.438 e. The molecule has 2 heterocycles. The van der Waals surface area contributed by atoms with Crippen LogP contribution in [0.25, 0.3) is 0 Å². The summed E-state index contributed by atoms with van der Waals surface area (Å²) in [6.07, 6.45) is -5.98. The number of halogens is 3. The minimum Gasteiger partial charge on any atom is -0.454 e. The molecule has 0 radical (unpaired) electrons. The molecule has 0 aromatic heterocycles. The second kappa shape index (κ2) is 7.32. The molecule has 0 fully saturated rings. The van der Waals surface area contributed by atoms with E-state index in [9.17, 15) is 23.1 Å². The number of amides is 1. The molecular formula is C21H19F3N2O4. The van der Waals surface area contributed by atoms with Crippen LogP contribution in [0.3, 0.4) is 0 Å². The molecule has 158 valence electrons. The van der Waals surface area contributed by atoms with Crippen LogP contribution in [0.15, 0.2) is 47.6 Å². The van der Waals surface area contributed by atoms with Crippen LogP contribution in [0, 0.1) is 6.92 Å². The van der Waals surface area contributed by atoms with Crippen LogP contribution in [0.5, 0.6) is 11.5 Å². The van der Waals surface area contributed by atoms with Gasteiger partial charge in [0.2, 0.25) is 12.7 Å². The highest BCUT2D eigenvalue weighted by molar-refractivity contribution is 6.03. The number of rotatable bonds is 4. The molecule has 0 saturated heterocycles. The molecular weight excluding hydrogens is 401 g/mol. The van der Waals surface area contributed by atoms with E-state index in [1.165, 1.54) is 0 Å². The summed E-state index contributed by atoms with van der Waals surface area (Å²) in [4.78, 5) is 12.6. The average Bonchev–Trinajstić information content (AvgIpc) is 3.31. The molecule has 0 saturated carbocycles. The molecule has 0 bridgehead atoms. The lowest BCUT2D eigenvalue weighted by molar-refractivity contribution is -0.302. The summed E-state index contributed by atoms with van der Waals surface area (Å²) >= 11 is 0. The molecule has 6 nitrogen and oxygen atoms in total. The van der Waals surface area contributed by atoms with Gasteiger partial charge in [-0.1, -0.05) is 35.9 Å². The number of aliphatic hydroxyl groups is 1. The van der Waals surface area contributed by atoms with Gasteiger partial charge in [0.15, 0.2) is 11.5 Å². The van der Waals surface area contributed by atoms with E-state index < -0.39 is 24.2 Å². The van der Waals surface area contributed by atoms with Crippen LogP contribution in [-0.2, 0) is 11.2 Å². The van der Waals surface area contributed by atoms with Gasteiger partial charge in [-0.2, -0.15) is 23.3 Å². The summed E-state index contributed by atoms with van der Waals surface area (Å²) in [6.45, 7) is 1.94. The monoisotopic (exact) mass is 420 g/mol. The van der Waals surface area contributed by atoms with E-state index >= 15 is 0 Å². The third-order valence-electron chi connectivity index (χ3n) is 5.12. The quantitative estimate of drug-likeness (QED) is 0.822. The normalized spacial score (nSPS) is 20.4. The Labute approximate surface area is 170 Å². The zero-order chi connectivity index (χ0) is 21.5. The van der Waals surface area contributed by atoms with Crippen molar-refractivity contribution < 1.29 is 32.5 Å². The predicted molar refractivity (Wildman–Crippen MR) is 101 cm³/mol. The molecule has 30 heavy (non-hydrogen) atoms. The van der Waals surface area contributed by atoms with Gasteiger partial charge in [0.25, 0.3) is 5.72 Å². The van der Waals surface area contributed by atoms with Crippen LogP contribution < -0.4 is 9.47 Å². The van der Waals surface area contributed by atoms with Crippen LogP contribution in [0.1, 0.15) is 29.5 Å². The molecule has 2 aromatic rings. The van der Waals surface area contributed by atoms with Gasteiger partial charge in [-0.25, -0.2) is 0 Å². The molecule has 4 rings (SSSR count). The number of alkyl halides is 3. The summed E-state index contributed by atoms with van der Waals surface area (Å²) in [7, 11) is 0. The van der Waals surface area contributed by atoms with Crippen molar-refractivity contribution in [3.63, 3.8) is 0 Å². The number of hydrazone groups is 1. The molecule has 2 aliphatic heterocycles. The van der Waals surface area contributed by atoms with Crippen molar-refractivity contribution in [2.24, 2.45) is 5.10 Å². The SMILES string of the molecule is Cc1ccc(C2=NN(C(=O)CCc3ccc4c(c3)OCO4)[C@@](O)(C(F)(F)F)C2)cc1. The number of fused-ring (bicyclic) bond motifs is 1. The van der Waals surface area contributed by atoms with E-state index in [0.29, 0.717) is 22.6 Å². The maximum absolute atomic E-state index is 13.7. The molecule has 9 heteroatoms. The fourth-order valence-corrected chi connectivity index (χ4v) is 3.39. The number of hydrogen-bond acceptors (Lipinski definition) is 5. The van der Waals surface area contributed by atoms with Gasteiger partial charge >= 0.3 is 6.18 Å². The van der Waals surface area contributed by atoms with Crippen LogP contribution in [0.2, 0.25) is 0 Å². The van der Waals surface area contributed by atoms with Gasteiger partial charge in [0.05, 0.1) is 12.1 Å². The highest BCUT2D eigenvalue weighted by Gasteiger charge is 2.63. The fourth-order valence-electron chi connectivity index (χ4n) is 3.39. The van der Waals surface area contributed by atoms with Crippen molar-refractivity contribution in [2.45, 2.75) is 38.1 Å². The topological polar surface area (TPSA) is 71.4 Å². The van der Waals surface area contributed by atoms with Gasteiger partial charge in [-0.05, 0) is 36.6 Å². The predicted octanol–water partition coefficient (Wildman–Crippen LogP) is 3.54. The summed E-state index contributed by atoms with van der Waals surface area (Å²) in [6, 6.07) is 11.8. The first-order valence-electron chi connectivity index (χ1n) is 9.32. The average molecular weight is 420 g/mol. The molecule has 0 aliphatic carbocycles. The van der Waals surface area contributed by atoms with Crippen molar-refractivity contribution in [1.82, 2.24) is 5.01 Å². The Hall–Kier alpha value is -3.07. The summed E-state index contributed by atoms with van der Waals surface area (Å²) in [5.41, 5.74) is -1.31. The van der Waals surface area contributed by atoms with E-state index in [2.05, 4.69) is 5.10 Å². The van der Waals surface area contributed by atoms with Gasteiger partial charge in [0.1, 0.15) is 0 Å². The number of nitrogens with zero attached hydrogens (tertiary/aromatic N) is 2. The molecule has 1 atom stereocenters. The van der Waals surface area contributed by atoms with Crippen molar-refractivity contribution in [2.75, 3.05) is 6.79 Å². The number of ether oxygens (including phenoxy) is 2. The van der Waals surface area contributed by atoms with Crippen LogP contribution >= 0.6 is 0 Å². The highest BCUT2D eigenvalue weighted by Crippen LogP contribution is 2.42. The minimum absolute atomic E-state index is 0.00579. The molecule has 1 amide bonds. The number of carbonyl (C=O) groups is 1. The van der Waals surface area contributed by atoms with E-state index in [1.54, 1.807) is 42.5 Å². The lowest BCUT2D eigenvalue weighted by Gasteiger charge is -2.32. The maximum atomic E-state index is 13.7. The molecule has 0 spiro atoms. The smallest absolute Gasteiger partial charge is 0.438 e. The number of hydrogen-bond donors (Lipinski definition) is 1. The zero-order valence-electron chi connectivity index (χ0n) is 16.1. The summed E-state index contributed by atoms with van der Waals surface area (Å²) in [5, 5.41) is 14.4. The van der Waals surface area contributed by atoms with E-state index in [4.69, 9.17) is 9.47 Å². The Bertz CT molecular complexity index is 1000. The Morgan fingerprint density at radius 1 is 1.17 bits per heavy atom. The number of benzene rings is 2. The molecule has 1 N–H and O–H groups in total. The third-order valence-corrected chi connectivity index (χ3v) is 5.12. The van der Waals surface area contributed by atoms with Crippen molar-refractivity contribution in [1.29, 1.82) is 0 Å². The molecule has 2 aliphatic rings. The summed E-state index contributed by atoms with van der Waals surface area (Å²) in [5.74, 6) is 0.172. The zero-order valence-corrected chi connectivity index (χ0v) is 16.1. The first-order valence-corrected chi connectivity index (χ1v) is 9.32. The van der Waals surface area contributed by atoms with Gasteiger partial charge < -0.3 is 14.6 Å². The summed E-state index contributed by atoms with van der Waals surface area (Å²) < 4.78 is 51.5. The van der Waals surface area contributed by atoms with Crippen LogP contribution in [0.4, 0.5) is 13.2 Å². The highest BCUT2D eigenvalue weighted by atomic mass is 19.4. The van der Waals surface area contributed by atoms with Crippen molar-refractivity contribution in [3.05, 3.63) is 59.2 Å². The first kappa shape index (κ1) is 20.2. The van der Waals surface area contributed by atoms with Crippen molar-refractivity contribution >= 4 is 11.6 Å².